The normalized spacial score (nSPS) is 21.9. The zero-order valence-corrected chi connectivity index (χ0v) is 12.1. The second-order valence-corrected chi connectivity index (χ2v) is 6.87. The predicted octanol–water partition coefficient (Wildman–Crippen LogP) is 3.41. The summed E-state index contributed by atoms with van der Waals surface area (Å²) in [5, 5.41) is 8.32. The van der Waals surface area contributed by atoms with Crippen LogP contribution >= 0.6 is 11.3 Å². The van der Waals surface area contributed by atoms with Crippen molar-refractivity contribution in [3.8, 4) is 0 Å². The molecule has 0 aromatic carbocycles. The lowest BCUT2D eigenvalue weighted by atomic mass is 9.96. The lowest BCUT2D eigenvalue weighted by molar-refractivity contribution is 0.231. The van der Waals surface area contributed by atoms with E-state index in [4.69, 9.17) is 0 Å². The molecular formula is C15H22N2OS. The highest BCUT2D eigenvalue weighted by Crippen LogP contribution is 2.49. The molecule has 0 spiro atoms. The molecule has 0 radical (unpaired) electrons. The Morgan fingerprint density at radius 2 is 2.11 bits per heavy atom. The quantitative estimate of drug-likeness (QED) is 0.870. The molecule has 2 aliphatic carbocycles. The summed E-state index contributed by atoms with van der Waals surface area (Å²) in [6, 6.07) is 4.71. The third-order valence-electron chi connectivity index (χ3n) is 4.43. The first-order valence-corrected chi connectivity index (χ1v) is 8.25. The van der Waals surface area contributed by atoms with Crippen LogP contribution in [0.3, 0.4) is 0 Å². The van der Waals surface area contributed by atoms with Crippen molar-refractivity contribution >= 4 is 17.4 Å². The minimum atomic E-state index is 0.0229. The number of hydrogen-bond donors (Lipinski definition) is 2. The Balaban J connectivity index is 1.46. The summed E-state index contributed by atoms with van der Waals surface area (Å²) in [6.45, 7) is 0.784. The van der Waals surface area contributed by atoms with Gasteiger partial charge in [-0.3, -0.25) is 0 Å². The minimum Gasteiger partial charge on any atom is -0.337 e. The first-order valence-electron chi connectivity index (χ1n) is 7.37. The van der Waals surface area contributed by atoms with Gasteiger partial charge in [0.2, 0.25) is 0 Å². The number of rotatable bonds is 4. The van der Waals surface area contributed by atoms with Gasteiger partial charge in [0.25, 0.3) is 0 Å². The first kappa shape index (κ1) is 13.0. The zero-order valence-electron chi connectivity index (χ0n) is 11.3. The van der Waals surface area contributed by atoms with Crippen LogP contribution in [-0.2, 0) is 5.41 Å². The lowest BCUT2D eigenvalue weighted by Gasteiger charge is -2.23. The maximum atomic E-state index is 11.9. The van der Waals surface area contributed by atoms with E-state index in [9.17, 15) is 4.79 Å². The van der Waals surface area contributed by atoms with Gasteiger partial charge in [0.1, 0.15) is 0 Å². The van der Waals surface area contributed by atoms with Crippen molar-refractivity contribution in [2.24, 2.45) is 0 Å². The van der Waals surface area contributed by atoms with Crippen molar-refractivity contribution < 1.29 is 4.79 Å². The van der Waals surface area contributed by atoms with Crippen LogP contribution in [0.15, 0.2) is 17.5 Å². The predicted molar refractivity (Wildman–Crippen MR) is 78.6 cm³/mol. The fraction of sp³-hybridized carbons (Fsp3) is 0.667. The lowest BCUT2D eigenvalue weighted by Crippen LogP contribution is -2.45. The number of carbonyl (C=O) groups is 1. The number of thiophene rings is 1. The largest absolute Gasteiger partial charge is 0.337 e. The van der Waals surface area contributed by atoms with E-state index >= 15 is 0 Å². The standard InChI is InChI=1S/C15H22N2OS/c18-14(17-12-5-2-1-3-6-12)16-11-15(8-9-15)13-7-4-10-19-13/h4,7,10,12H,1-3,5-6,8-9,11H2,(H2,16,17,18). The molecule has 3 rings (SSSR count). The summed E-state index contributed by atoms with van der Waals surface area (Å²) in [6.07, 6.45) is 8.52. The van der Waals surface area contributed by atoms with Gasteiger partial charge in [-0.05, 0) is 37.1 Å². The van der Waals surface area contributed by atoms with Gasteiger partial charge < -0.3 is 10.6 Å². The molecule has 1 heterocycles. The molecule has 0 saturated heterocycles. The Kier molecular flexibility index (Phi) is 3.78. The van der Waals surface area contributed by atoms with Crippen LogP contribution in [0.25, 0.3) is 0 Å². The van der Waals surface area contributed by atoms with Crippen LogP contribution in [-0.4, -0.2) is 18.6 Å². The van der Waals surface area contributed by atoms with Gasteiger partial charge in [0.05, 0.1) is 0 Å². The smallest absolute Gasteiger partial charge is 0.315 e. The highest BCUT2D eigenvalue weighted by molar-refractivity contribution is 7.10. The summed E-state index contributed by atoms with van der Waals surface area (Å²) in [7, 11) is 0. The first-order chi connectivity index (χ1) is 9.28. The Labute approximate surface area is 118 Å². The van der Waals surface area contributed by atoms with Crippen LogP contribution < -0.4 is 10.6 Å². The highest BCUT2D eigenvalue weighted by Gasteiger charge is 2.45. The Hall–Kier alpha value is -1.03. The average molecular weight is 278 g/mol. The van der Waals surface area contributed by atoms with Crippen LogP contribution in [0.5, 0.6) is 0 Å². The maximum absolute atomic E-state index is 11.9. The summed E-state index contributed by atoms with van der Waals surface area (Å²) >= 11 is 1.81. The molecule has 2 N–H and O–H groups in total. The van der Waals surface area contributed by atoms with Crippen LogP contribution in [0.4, 0.5) is 4.79 Å². The molecule has 0 bridgehead atoms. The monoisotopic (exact) mass is 278 g/mol. The van der Waals surface area contributed by atoms with Crippen molar-refractivity contribution in [1.82, 2.24) is 10.6 Å². The summed E-state index contributed by atoms with van der Waals surface area (Å²) in [5.74, 6) is 0. The molecular weight excluding hydrogens is 256 g/mol. The molecule has 0 atom stereocenters. The van der Waals surface area contributed by atoms with E-state index < -0.39 is 0 Å². The van der Waals surface area contributed by atoms with Gasteiger partial charge in [-0.15, -0.1) is 11.3 Å². The van der Waals surface area contributed by atoms with E-state index in [0.29, 0.717) is 6.04 Å². The van der Waals surface area contributed by atoms with E-state index in [1.807, 2.05) is 11.3 Å². The van der Waals surface area contributed by atoms with E-state index in [2.05, 4.69) is 28.1 Å². The molecule has 3 nitrogen and oxygen atoms in total. The van der Waals surface area contributed by atoms with E-state index in [-0.39, 0.29) is 11.4 Å². The molecule has 2 aliphatic rings. The molecule has 0 unspecified atom stereocenters. The van der Waals surface area contributed by atoms with Crippen molar-refractivity contribution in [1.29, 1.82) is 0 Å². The fourth-order valence-corrected chi connectivity index (χ4v) is 3.96. The van der Waals surface area contributed by atoms with Gasteiger partial charge in [-0.25, -0.2) is 4.79 Å². The average Bonchev–Trinajstić information content (AvgIpc) is 3.01. The molecule has 1 aromatic heterocycles. The maximum Gasteiger partial charge on any atom is 0.315 e. The van der Waals surface area contributed by atoms with Gasteiger partial charge in [0, 0.05) is 22.9 Å². The highest BCUT2D eigenvalue weighted by atomic mass is 32.1. The van der Waals surface area contributed by atoms with Crippen molar-refractivity contribution in [2.45, 2.75) is 56.4 Å². The third kappa shape index (κ3) is 3.11. The van der Waals surface area contributed by atoms with E-state index in [0.717, 1.165) is 19.4 Å². The summed E-state index contributed by atoms with van der Waals surface area (Å²) < 4.78 is 0. The molecule has 0 aliphatic heterocycles. The molecule has 19 heavy (non-hydrogen) atoms. The van der Waals surface area contributed by atoms with Gasteiger partial charge in [-0.1, -0.05) is 25.3 Å². The topological polar surface area (TPSA) is 41.1 Å². The van der Waals surface area contributed by atoms with Crippen LogP contribution in [0.1, 0.15) is 49.8 Å². The van der Waals surface area contributed by atoms with Crippen LogP contribution in [0.2, 0.25) is 0 Å². The number of urea groups is 1. The zero-order chi connectivity index (χ0) is 13.1. The molecule has 104 valence electrons. The molecule has 2 amide bonds. The van der Waals surface area contributed by atoms with Crippen LogP contribution in [0, 0.1) is 0 Å². The van der Waals surface area contributed by atoms with E-state index in [1.165, 1.54) is 37.0 Å². The number of hydrogen-bond acceptors (Lipinski definition) is 2. The molecule has 1 aromatic rings. The third-order valence-corrected chi connectivity index (χ3v) is 5.54. The SMILES string of the molecule is O=C(NCC1(c2cccs2)CC1)NC1CCCCC1. The second kappa shape index (κ2) is 5.53. The van der Waals surface area contributed by atoms with Gasteiger partial charge in [-0.2, -0.15) is 0 Å². The number of nitrogens with one attached hydrogen (secondary N) is 2. The van der Waals surface area contributed by atoms with Crippen molar-refractivity contribution in [2.75, 3.05) is 6.54 Å². The summed E-state index contributed by atoms with van der Waals surface area (Å²) in [4.78, 5) is 13.4. The van der Waals surface area contributed by atoms with Gasteiger partial charge >= 0.3 is 6.03 Å². The second-order valence-electron chi connectivity index (χ2n) is 5.92. The Morgan fingerprint density at radius 3 is 2.74 bits per heavy atom. The minimum absolute atomic E-state index is 0.0229. The Morgan fingerprint density at radius 1 is 1.32 bits per heavy atom. The molecule has 2 fully saturated rings. The van der Waals surface area contributed by atoms with E-state index in [1.54, 1.807) is 0 Å². The Bertz CT molecular complexity index is 419. The van der Waals surface area contributed by atoms with Crippen molar-refractivity contribution in [3.05, 3.63) is 22.4 Å². The fourth-order valence-electron chi connectivity index (χ4n) is 2.97. The summed E-state index contributed by atoms with van der Waals surface area (Å²) in [5.41, 5.74) is 0.248. The van der Waals surface area contributed by atoms with Gasteiger partial charge in [0.15, 0.2) is 0 Å². The number of amides is 2. The van der Waals surface area contributed by atoms with Crippen molar-refractivity contribution in [3.63, 3.8) is 0 Å². The molecule has 4 heteroatoms. The number of carbonyl (C=O) groups excluding carboxylic acids is 1. The molecule has 2 saturated carbocycles.